The second kappa shape index (κ2) is 6.52. The number of fused-ring (bicyclic) bond motifs is 1. The first-order valence-corrected chi connectivity index (χ1v) is 8.35. The summed E-state index contributed by atoms with van der Waals surface area (Å²) in [6.07, 6.45) is 2.87. The number of aryl methyl sites for hydroxylation is 2. The van der Waals surface area contributed by atoms with Crippen LogP contribution in [-0.2, 0) is 25.9 Å². The SMILES string of the molecule is CCc1nc2n(n1)C[C@@H](NCc1nnc(-c3ccccc3)o1)CC2. The first-order valence-electron chi connectivity index (χ1n) is 8.35. The van der Waals surface area contributed by atoms with Crippen LogP contribution < -0.4 is 5.32 Å². The van der Waals surface area contributed by atoms with Gasteiger partial charge in [0.2, 0.25) is 11.8 Å². The number of benzene rings is 1. The fraction of sp³-hybridized carbons (Fsp3) is 0.412. The summed E-state index contributed by atoms with van der Waals surface area (Å²) in [5.74, 6) is 3.18. The molecule has 1 aromatic carbocycles. The highest BCUT2D eigenvalue weighted by Crippen LogP contribution is 2.17. The van der Waals surface area contributed by atoms with Crippen LogP contribution >= 0.6 is 0 Å². The molecule has 0 aliphatic carbocycles. The second-order valence-corrected chi connectivity index (χ2v) is 5.96. The minimum Gasteiger partial charge on any atom is -0.419 e. The van der Waals surface area contributed by atoms with Gasteiger partial charge in [0.1, 0.15) is 5.82 Å². The maximum absolute atomic E-state index is 5.73. The molecule has 1 aliphatic heterocycles. The first-order chi connectivity index (χ1) is 11.8. The van der Waals surface area contributed by atoms with Crippen molar-refractivity contribution in [2.75, 3.05) is 0 Å². The molecule has 0 bridgehead atoms. The molecular formula is C17H20N6O. The summed E-state index contributed by atoms with van der Waals surface area (Å²) in [5.41, 5.74) is 0.938. The zero-order valence-electron chi connectivity index (χ0n) is 13.6. The van der Waals surface area contributed by atoms with E-state index >= 15 is 0 Å². The Hall–Kier alpha value is -2.54. The summed E-state index contributed by atoms with van der Waals surface area (Å²) in [5, 5.41) is 16.3. The van der Waals surface area contributed by atoms with Crippen LogP contribution in [0.25, 0.3) is 11.5 Å². The Labute approximate surface area is 140 Å². The third-order valence-corrected chi connectivity index (χ3v) is 4.25. The minimum atomic E-state index is 0.344. The fourth-order valence-electron chi connectivity index (χ4n) is 2.93. The number of aromatic nitrogens is 5. The van der Waals surface area contributed by atoms with Crippen LogP contribution in [0.1, 0.15) is 30.9 Å². The normalized spacial score (nSPS) is 17.0. The van der Waals surface area contributed by atoms with Crippen molar-refractivity contribution in [2.45, 2.75) is 45.3 Å². The van der Waals surface area contributed by atoms with Crippen molar-refractivity contribution in [3.63, 3.8) is 0 Å². The molecule has 0 spiro atoms. The lowest BCUT2D eigenvalue weighted by atomic mass is 10.1. The largest absolute Gasteiger partial charge is 0.419 e. The molecule has 0 fully saturated rings. The van der Waals surface area contributed by atoms with Gasteiger partial charge in [-0.1, -0.05) is 25.1 Å². The van der Waals surface area contributed by atoms with Crippen LogP contribution in [0.4, 0.5) is 0 Å². The van der Waals surface area contributed by atoms with Crippen molar-refractivity contribution in [3.8, 4) is 11.5 Å². The van der Waals surface area contributed by atoms with E-state index < -0.39 is 0 Å². The molecular weight excluding hydrogens is 304 g/mol. The van der Waals surface area contributed by atoms with Gasteiger partial charge in [-0.3, -0.25) is 0 Å². The summed E-state index contributed by atoms with van der Waals surface area (Å²) in [6, 6.07) is 10.1. The molecule has 3 heterocycles. The van der Waals surface area contributed by atoms with Crippen molar-refractivity contribution in [2.24, 2.45) is 0 Å². The molecule has 1 atom stereocenters. The molecule has 2 aromatic heterocycles. The van der Waals surface area contributed by atoms with E-state index in [9.17, 15) is 0 Å². The lowest BCUT2D eigenvalue weighted by Gasteiger charge is -2.22. The summed E-state index contributed by atoms with van der Waals surface area (Å²) < 4.78 is 7.75. The molecule has 0 saturated heterocycles. The molecule has 7 heteroatoms. The van der Waals surface area contributed by atoms with Gasteiger partial charge in [-0.05, 0) is 18.6 Å². The van der Waals surface area contributed by atoms with Gasteiger partial charge in [-0.2, -0.15) is 5.10 Å². The van der Waals surface area contributed by atoms with E-state index in [1.165, 1.54) is 0 Å². The van der Waals surface area contributed by atoms with Crippen molar-refractivity contribution in [3.05, 3.63) is 47.9 Å². The third-order valence-electron chi connectivity index (χ3n) is 4.25. The number of nitrogens with zero attached hydrogens (tertiary/aromatic N) is 5. The van der Waals surface area contributed by atoms with Gasteiger partial charge in [0, 0.05) is 24.4 Å². The predicted octanol–water partition coefficient (Wildman–Crippen LogP) is 2.00. The van der Waals surface area contributed by atoms with Crippen molar-refractivity contribution in [1.29, 1.82) is 0 Å². The Morgan fingerprint density at radius 3 is 2.96 bits per heavy atom. The Morgan fingerprint density at radius 2 is 2.12 bits per heavy atom. The topological polar surface area (TPSA) is 81.7 Å². The number of rotatable bonds is 5. The van der Waals surface area contributed by atoms with Crippen LogP contribution in [0, 0.1) is 0 Å². The van der Waals surface area contributed by atoms with Crippen LogP contribution in [0.3, 0.4) is 0 Å². The molecule has 0 unspecified atom stereocenters. The number of nitrogens with one attached hydrogen (secondary N) is 1. The van der Waals surface area contributed by atoms with E-state index in [2.05, 4.69) is 32.5 Å². The quantitative estimate of drug-likeness (QED) is 0.773. The molecule has 124 valence electrons. The standard InChI is InChI=1S/C17H20N6O/c1-2-14-19-15-9-8-13(11-23(15)22-14)18-10-16-20-21-17(24-16)12-6-4-3-5-7-12/h3-7,13,18H,2,8-11H2,1H3/t13-/m0/s1. The van der Waals surface area contributed by atoms with Gasteiger partial charge in [0.25, 0.3) is 0 Å². The van der Waals surface area contributed by atoms with E-state index in [1.54, 1.807) is 0 Å². The molecule has 0 saturated carbocycles. The molecule has 3 aromatic rings. The average molecular weight is 324 g/mol. The average Bonchev–Trinajstić information content (AvgIpc) is 3.27. The highest BCUT2D eigenvalue weighted by Gasteiger charge is 2.21. The smallest absolute Gasteiger partial charge is 0.247 e. The van der Waals surface area contributed by atoms with Gasteiger partial charge in [-0.25, -0.2) is 9.67 Å². The Kier molecular flexibility index (Phi) is 4.08. The third kappa shape index (κ3) is 3.07. The molecule has 1 N–H and O–H groups in total. The predicted molar refractivity (Wildman–Crippen MR) is 88.1 cm³/mol. The highest BCUT2D eigenvalue weighted by molar-refractivity contribution is 5.51. The van der Waals surface area contributed by atoms with Crippen LogP contribution in [-0.4, -0.2) is 31.0 Å². The van der Waals surface area contributed by atoms with E-state index in [-0.39, 0.29) is 0 Å². The van der Waals surface area contributed by atoms with Gasteiger partial charge in [0.05, 0.1) is 13.1 Å². The first kappa shape index (κ1) is 15.0. The maximum atomic E-state index is 5.73. The zero-order valence-corrected chi connectivity index (χ0v) is 13.6. The van der Waals surface area contributed by atoms with Crippen molar-refractivity contribution in [1.82, 2.24) is 30.3 Å². The monoisotopic (exact) mass is 324 g/mol. The fourth-order valence-corrected chi connectivity index (χ4v) is 2.93. The van der Waals surface area contributed by atoms with Gasteiger partial charge < -0.3 is 9.73 Å². The van der Waals surface area contributed by atoms with E-state index in [0.717, 1.165) is 43.0 Å². The van der Waals surface area contributed by atoms with Gasteiger partial charge in [0.15, 0.2) is 5.82 Å². The summed E-state index contributed by atoms with van der Waals surface area (Å²) >= 11 is 0. The molecule has 4 rings (SSSR count). The zero-order chi connectivity index (χ0) is 16.4. The van der Waals surface area contributed by atoms with E-state index in [0.29, 0.717) is 24.4 Å². The van der Waals surface area contributed by atoms with Crippen LogP contribution in [0.5, 0.6) is 0 Å². The van der Waals surface area contributed by atoms with Gasteiger partial charge in [-0.15, -0.1) is 10.2 Å². The second-order valence-electron chi connectivity index (χ2n) is 5.96. The van der Waals surface area contributed by atoms with E-state index in [1.807, 2.05) is 35.0 Å². The molecule has 7 nitrogen and oxygen atoms in total. The minimum absolute atomic E-state index is 0.344. The molecule has 24 heavy (non-hydrogen) atoms. The summed E-state index contributed by atoms with van der Waals surface area (Å²) in [7, 11) is 0. The summed E-state index contributed by atoms with van der Waals surface area (Å²) in [6.45, 7) is 3.48. The number of hydrogen-bond acceptors (Lipinski definition) is 6. The van der Waals surface area contributed by atoms with E-state index in [4.69, 9.17) is 4.42 Å². The lowest BCUT2D eigenvalue weighted by Crippen LogP contribution is -2.37. The lowest BCUT2D eigenvalue weighted by molar-refractivity contribution is 0.342. The Morgan fingerprint density at radius 1 is 1.25 bits per heavy atom. The highest BCUT2D eigenvalue weighted by atomic mass is 16.4. The van der Waals surface area contributed by atoms with Crippen LogP contribution in [0.2, 0.25) is 0 Å². The number of hydrogen-bond donors (Lipinski definition) is 1. The van der Waals surface area contributed by atoms with Crippen LogP contribution in [0.15, 0.2) is 34.7 Å². The maximum Gasteiger partial charge on any atom is 0.247 e. The summed E-state index contributed by atoms with van der Waals surface area (Å²) in [4.78, 5) is 4.54. The van der Waals surface area contributed by atoms with Crippen molar-refractivity contribution < 1.29 is 4.42 Å². The van der Waals surface area contributed by atoms with Gasteiger partial charge >= 0.3 is 0 Å². The van der Waals surface area contributed by atoms with Crippen molar-refractivity contribution >= 4 is 0 Å². The molecule has 0 amide bonds. The Bertz CT molecular complexity index is 810. The molecule has 0 radical (unpaired) electrons. The molecule has 1 aliphatic rings. The Balaban J connectivity index is 1.37.